The van der Waals surface area contributed by atoms with Crippen molar-refractivity contribution in [1.82, 2.24) is 0 Å². The fourth-order valence-electron chi connectivity index (χ4n) is 0.750. The fraction of sp³-hybridized carbons (Fsp3) is 1.00. The van der Waals surface area contributed by atoms with E-state index in [2.05, 4.69) is 443 Å². The third kappa shape index (κ3) is 353. The van der Waals surface area contributed by atoms with Crippen molar-refractivity contribution in [3.63, 3.8) is 0 Å². The van der Waals surface area contributed by atoms with Gasteiger partial charge in [-0.2, -0.15) is 0 Å². The van der Waals surface area contributed by atoms with Gasteiger partial charge in [-0.1, -0.05) is 546 Å². The lowest BCUT2D eigenvalue weighted by atomic mass is 9.91. The van der Waals surface area contributed by atoms with Crippen LogP contribution in [-0.2, 0) is 0 Å². The monoisotopic (exact) mass is 1390 g/mol. The zero-order valence-electron chi connectivity index (χ0n) is 84.0. The molecule has 0 aromatic heterocycles. The summed E-state index contributed by atoms with van der Waals surface area (Å²) in [5.41, 5.74) is 8.68. The molecule has 0 nitrogen and oxygen atoms in total. The molecule has 0 unspecified atom stereocenters. The normalized spacial score (nSPS) is 12.0. The van der Waals surface area contributed by atoms with Crippen LogP contribution < -0.4 is 0 Å². The summed E-state index contributed by atoms with van der Waals surface area (Å²) in [6.45, 7) is 143. The van der Waals surface area contributed by atoms with Crippen LogP contribution in [0.4, 0.5) is 0 Å². The van der Waals surface area contributed by atoms with Gasteiger partial charge in [0.2, 0.25) is 0 Å². The molecule has 0 aliphatic heterocycles. The molecule has 0 fully saturated rings. The second-order valence-electron chi connectivity index (χ2n) is 47.0. The molecular formula is C97H226. The summed E-state index contributed by atoms with van der Waals surface area (Å²) in [5, 5.41) is 0. The highest BCUT2D eigenvalue weighted by atomic mass is 14.2. The molecule has 0 saturated carbocycles. The fourth-order valence-corrected chi connectivity index (χ4v) is 0.750. The number of hydrogen-bond acceptors (Lipinski definition) is 0. The van der Waals surface area contributed by atoms with Crippen LogP contribution in [0.25, 0.3) is 0 Å². The van der Waals surface area contributed by atoms with E-state index in [0.29, 0.717) is 86.6 Å². The molecule has 0 amide bonds. The Morgan fingerprint density at radius 3 is 0.134 bits per heavy atom. The standard InChI is InChI=1S/C7H16.15C6H14/c1-5-6-7(2,3)4;15*1-5-6(2,3)4/h5-6H2,1-4H3;15*5H2,1-4H3. The van der Waals surface area contributed by atoms with Gasteiger partial charge in [-0.3, -0.25) is 0 Å². The van der Waals surface area contributed by atoms with E-state index in [1.807, 2.05) is 0 Å². The van der Waals surface area contributed by atoms with Crippen molar-refractivity contribution in [2.45, 2.75) is 552 Å². The van der Waals surface area contributed by atoms with E-state index in [1.54, 1.807) is 0 Å². The van der Waals surface area contributed by atoms with Crippen LogP contribution in [0, 0.1) is 86.6 Å². The summed E-state index contributed by atoms with van der Waals surface area (Å²) in [4.78, 5) is 0. The Hall–Kier alpha value is 0. The number of hydrogen-bond donors (Lipinski definition) is 0. The van der Waals surface area contributed by atoms with Gasteiger partial charge in [-0.15, -0.1) is 0 Å². The van der Waals surface area contributed by atoms with E-state index in [9.17, 15) is 0 Å². The van der Waals surface area contributed by atoms with Crippen LogP contribution in [0.1, 0.15) is 552 Å². The highest BCUT2D eigenvalue weighted by molar-refractivity contribution is 4.63. The van der Waals surface area contributed by atoms with E-state index < -0.39 is 0 Å². The lowest BCUT2D eigenvalue weighted by Gasteiger charge is -2.15. The molecule has 0 bridgehead atoms. The molecule has 0 aromatic carbocycles. The molecule has 614 valence electrons. The minimum Gasteiger partial charge on any atom is -0.0654 e. The highest BCUT2D eigenvalue weighted by Gasteiger charge is 2.11. The predicted octanol–water partition coefficient (Wildman–Crippen LogP) is 39.5. The zero-order chi connectivity index (χ0) is 84.0. The molecule has 0 aliphatic carbocycles. The zero-order valence-corrected chi connectivity index (χ0v) is 84.0. The summed E-state index contributed by atoms with van der Waals surface area (Å²) in [6.07, 6.45) is 21.7. The second kappa shape index (κ2) is 67.9. The molecule has 0 spiro atoms. The van der Waals surface area contributed by atoms with Gasteiger partial charge >= 0.3 is 0 Å². The van der Waals surface area contributed by atoms with E-state index in [1.165, 1.54) is 109 Å². The first-order valence-corrected chi connectivity index (χ1v) is 41.5. The summed E-state index contributed by atoms with van der Waals surface area (Å²) in [7, 11) is 0. The topological polar surface area (TPSA) is 0 Å². The lowest BCUT2D eigenvalue weighted by Crippen LogP contribution is -2.02. The Balaban J connectivity index is -0.0000000515. The summed E-state index contributed by atoms with van der Waals surface area (Å²) >= 11 is 0. The largest absolute Gasteiger partial charge is 0.0654 e. The van der Waals surface area contributed by atoms with E-state index >= 15 is 0 Å². The Kier molecular flexibility index (Phi) is 95.3. The molecule has 0 rings (SSSR count). The minimum atomic E-state index is 0.542. The van der Waals surface area contributed by atoms with Gasteiger partial charge in [0.05, 0.1) is 0 Å². The Bertz CT molecular complexity index is 979. The second-order valence-corrected chi connectivity index (χ2v) is 47.0. The maximum Gasteiger partial charge on any atom is -0.0383 e. The molecule has 0 aliphatic rings. The minimum absolute atomic E-state index is 0.542. The van der Waals surface area contributed by atoms with Crippen LogP contribution in [0.5, 0.6) is 0 Å². The quantitative estimate of drug-likeness (QED) is 0.245. The summed E-state index contributed by atoms with van der Waals surface area (Å²) < 4.78 is 0. The van der Waals surface area contributed by atoms with Crippen LogP contribution >= 0.6 is 0 Å². The first-order valence-electron chi connectivity index (χ1n) is 41.5. The van der Waals surface area contributed by atoms with Crippen LogP contribution in [0.15, 0.2) is 0 Å². The molecule has 0 atom stereocenters. The molecule has 0 heteroatoms. The molecule has 0 N–H and O–H groups in total. The molecular weight excluding hydrogens is 1170 g/mol. The summed E-state index contributed by atoms with van der Waals surface area (Å²) in [5.74, 6) is 0. The van der Waals surface area contributed by atoms with Gasteiger partial charge in [-0.25, -0.2) is 0 Å². The molecule has 0 aromatic rings. The van der Waals surface area contributed by atoms with Crippen LogP contribution in [0.2, 0.25) is 0 Å². The Morgan fingerprint density at radius 2 is 0.134 bits per heavy atom. The van der Waals surface area contributed by atoms with Gasteiger partial charge < -0.3 is 0 Å². The molecule has 0 heterocycles. The van der Waals surface area contributed by atoms with Gasteiger partial charge in [0.15, 0.2) is 0 Å². The van der Waals surface area contributed by atoms with E-state index in [4.69, 9.17) is 0 Å². The Morgan fingerprint density at radius 1 is 0.0928 bits per heavy atom. The van der Waals surface area contributed by atoms with Crippen molar-refractivity contribution in [1.29, 1.82) is 0 Å². The molecule has 0 saturated heterocycles. The Labute approximate surface area is 635 Å². The van der Waals surface area contributed by atoms with E-state index in [-0.39, 0.29) is 0 Å². The SMILES string of the molecule is CCC(C)(C)C.CCC(C)(C)C.CCC(C)(C)C.CCC(C)(C)C.CCC(C)(C)C.CCC(C)(C)C.CCC(C)(C)C.CCC(C)(C)C.CCC(C)(C)C.CCC(C)(C)C.CCC(C)(C)C.CCC(C)(C)C.CCC(C)(C)C.CCC(C)(C)C.CCC(C)(C)C.CCCC(C)(C)C. The van der Waals surface area contributed by atoms with Gasteiger partial charge in [-0.05, 0) is 93.1 Å². The van der Waals surface area contributed by atoms with Crippen molar-refractivity contribution in [3.8, 4) is 0 Å². The molecule has 97 heavy (non-hydrogen) atoms. The number of rotatable bonds is 1. The predicted molar refractivity (Wildman–Crippen MR) is 481 cm³/mol. The van der Waals surface area contributed by atoms with Gasteiger partial charge in [0.25, 0.3) is 0 Å². The van der Waals surface area contributed by atoms with Crippen molar-refractivity contribution in [3.05, 3.63) is 0 Å². The van der Waals surface area contributed by atoms with Crippen LogP contribution in [-0.4, -0.2) is 0 Å². The van der Waals surface area contributed by atoms with Gasteiger partial charge in [0.1, 0.15) is 0 Å². The van der Waals surface area contributed by atoms with Crippen molar-refractivity contribution >= 4 is 0 Å². The molecule has 0 radical (unpaired) electrons. The third-order valence-corrected chi connectivity index (χ3v) is 16.9. The first kappa shape index (κ1) is 136. The maximum absolute atomic E-state index is 2.27. The average molecular weight is 1390 g/mol. The van der Waals surface area contributed by atoms with Crippen molar-refractivity contribution < 1.29 is 0 Å². The first-order chi connectivity index (χ1) is 41.5. The van der Waals surface area contributed by atoms with E-state index in [0.717, 1.165) is 0 Å². The lowest BCUT2D eigenvalue weighted by molar-refractivity contribution is 0.373. The van der Waals surface area contributed by atoms with Gasteiger partial charge in [0, 0.05) is 0 Å². The maximum atomic E-state index is 2.27. The third-order valence-electron chi connectivity index (χ3n) is 16.9. The smallest absolute Gasteiger partial charge is 0.0383 e. The van der Waals surface area contributed by atoms with Crippen LogP contribution in [0.3, 0.4) is 0 Å². The van der Waals surface area contributed by atoms with Crippen molar-refractivity contribution in [2.24, 2.45) is 86.6 Å². The average Bonchev–Trinajstić information content (AvgIpc) is 3.38. The summed E-state index contributed by atoms with van der Waals surface area (Å²) in [6, 6.07) is 0. The highest BCUT2D eigenvalue weighted by Crippen LogP contribution is 2.24. The van der Waals surface area contributed by atoms with Crippen molar-refractivity contribution in [2.75, 3.05) is 0 Å².